The minimum atomic E-state index is -0.631. The van der Waals surface area contributed by atoms with Gasteiger partial charge in [-0.15, -0.1) is 0 Å². The van der Waals surface area contributed by atoms with Crippen LogP contribution in [0.5, 0.6) is 0 Å². The molecular formula is C27H23N3O3. The number of para-hydroxylation sites is 1. The zero-order valence-corrected chi connectivity index (χ0v) is 18.4. The maximum atomic E-state index is 13.6. The van der Waals surface area contributed by atoms with Crippen LogP contribution in [0.3, 0.4) is 0 Å². The van der Waals surface area contributed by atoms with E-state index in [-0.39, 0.29) is 5.82 Å². The molecule has 0 aliphatic heterocycles. The Kier molecular flexibility index (Phi) is 6.26. The quantitative estimate of drug-likeness (QED) is 0.433. The molecule has 4 rings (SSSR count). The summed E-state index contributed by atoms with van der Waals surface area (Å²) in [6.45, 7) is 3.37. The number of fused-ring (bicyclic) bond motifs is 1. The predicted octanol–water partition coefficient (Wildman–Crippen LogP) is 4.42. The highest BCUT2D eigenvalue weighted by atomic mass is 16.2. The van der Waals surface area contributed by atoms with E-state index in [1.54, 1.807) is 56.3 Å². The van der Waals surface area contributed by atoms with Gasteiger partial charge in [-0.1, -0.05) is 86.6 Å². The highest BCUT2D eigenvalue weighted by Crippen LogP contribution is 2.20. The molecule has 0 aliphatic rings. The van der Waals surface area contributed by atoms with E-state index >= 15 is 0 Å². The van der Waals surface area contributed by atoms with Crippen molar-refractivity contribution in [3.05, 3.63) is 107 Å². The SMILES string of the molecule is CC(C)C(=O)N(C(=O)/C=C/c1ccccc1)n1c(-c2ccccc2)nc2ccccc2c1=O. The fourth-order valence-electron chi connectivity index (χ4n) is 3.44. The summed E-state index contributed by atoms with van der Waals surface area (Å²) in [6.07, 6.45) is 2.91. The van der Waals surface area contributed by atoms with Gasteiger partial charge in [-0.3, -0.25) is 14.4 Å². The highest BCUT2D eigenvalue weighted by Gasteiger charge is 2.29. The molecule has 4 aromatic rings. The zero-order chi connectivity index (χ0) is 23.4. The number of benzene rings is 3. The maximum absolute atomic E-state index is 13.6. The zero-order valence-electron chi connectivity index (χ0n) is 18.4. The Morgan fingerprint density at radius 2 is 1.48 bits per heavy atom. The average Bonchev–Trinajstić information content (AvgIpc) is 2.85. The van der Waals surface area contributed by atoms with E-state index < -0.39 is 23.3 Å². The first-order chi connectivity index (χ1) is 16.0. The van der Waals surface area contributed by atoms with Crippen LogP contribution in [0.25, 0.3) is 28.4 Å². The summed E-state index contributed by atoms with van der Waals surface area (Å²) >= 11 is 0. The van der Waals surface area contributed by atoms with Gasteiger partial charge in [0, 0.05) is 17.6 Å². The molecule has 1 heterocycles. The van der Waals surface area contributed by atoms with Gasteiger partial charge >= 0.3 is 0 Å². The maximum Gasteiger partial charge on any atom is 0.281 e. The molecule has 0 N–H and O–H groups in total. The first kappa shape index (κ1) is 21.9. The molecule has 0 radical (unpaired) electrons. The molecule has 0 unspecified atom stereocenters. The third-order valence-electron chi connectivity index (χ3n) is 5.12. The lowest BCUT2D eigenvalue weighted by atomic mass is 10.1. The summed E-state index contributed by atoms with van der Waals surface area (Å²) in [5, 5.41) is 1.22. The van der Waals surface area contributed by atoms with E-state index in [9.17, 15) is 14.4 Å². The van der Waals surface area contributed by atoms with Gasteiger partial charge in [0.25, 0.3) is 17.4 Å². The summed E-state index contributed by atoms with van der Waals surface area (Å²) in [4.78, 5) is 44.9. The van der Waals surface area contributed by atoms with Gasteiger partial charge in [-0.2, -0.15) is 9.69 Å². The van der Waals surface area contributed by atoms with Gasteiger partial charge < -0.3 is 0 Å². The number of amides is 2. The van der Waals surface area contributed by atoms with Crippen LogP contribution in [-0.2, 0) is 9.59 Å². The first-order valence-electron chi connectivity index (χ1n) is 10.7. The fraction of sp³-hybridized carbons (Fsp3) is 0.111. The van der Waals surface area contributed by atoms with Crippen LogP contribution in [-0.4, -0.2) is 21.5 Å². The van der Waals surface area contributed by atoms with Gasteiger partial charge in [0.05, 0.1) is 10.9 Å². The van der Waals surface area contributed by atoms with Crippen molar-refractivity contribution in [2.24, 2.45) is 5.92 Å². The highest BCUT2D eigenvalue weighted by molar-refractivity contribution is 6.15. The number of hydrogen-bond donors (Lipinski definition) is 0. The van der Waals surface area contributed by atoms with Crippen LogP contribution in [0.2, 0.25) is 0 Å². The normalized spacial score (nSPS) is 11.2. The van der Waals surface area contributed by atoms with E-state index in [2.05, 4.69) is 4.98 Å². The molecule has 0 fully saturated rings. The molecule has 6 nitrogen and oxygen atoms in total. The summed E-state index contributed by atoms with van der Waals surface area (Å²) in [7, 11) is 0. The van der Waals surface area contributed by atoms with E-state index in [0.717, 1.165) is 15.2 Å². The Morgan fingerprint density at radius 1 is 0.879 bits per heavy atom. The molecule has 0 saturated heterocycles. The minimum absolute atomic E-state index is 0.217. The number of carbonyl (C=O) groups is 2. The molecule has 2 amide bonds. The lowest BCUT2D eigenvalue weighted by Gasteiger charge is -2.25. The summed E-state index contributed by atoms with van der Waals surface area (Å²) in [6, 6.07) is 25.2. The largest absolute Gasteiger partial charge is 0.281 e. The monoisotopic (exact) mass is 437 g/mol. The minimum Gasteiger partial charge on any atom is -0.272 e. The number of carbonyl (C=O) groups excluding carboxylic acids is 2. The summed E-state index contributed by atoms with van der Waals surface area (Å²) in [5.41, 5.74) is 1.41. The van der Waals surface area contributed by atoms with Crippen LogP contribution < -0.4 is 10.6 Å². The van der Waals surface area contributed by atoms with Crippen molar-refractivity contribution in [2.75, 3.05) is 5.01 Å². The van der Waals surface area contributed by atoms with Crippen molar-refractivity contribution in [1.29, 1.82) is 0 Å². The van der Waals surface area contributed by atoms with E-state index in [1.165, 1.54) is 6.08 Å². The Bertz CT molecular complexity index is 1390. The number of nitrogens with zero attached hydrogens (tertiary/aromatic N) is 3. The summed E-state index contributed by atoms with van der Waals surface area (Å²) < 4.78 is 1.09. The van der Waals surface area contributed by atoms with Gasteiger partial charge in [-0.25, -0.2) is 4.98 Å². The number of imide groups is 1. The fourth-order valence-corrected chi connectivity index (χ4v) is 3.44. The Labute approximate surface area is 191 Å². The Balaban J connectivity index is 1.95. The molecule has 0 atom stereocenters. The molecule has 33 heavy (non-hydrogen) atoms. The van der Waals surface area contributed by atoms with Gasteiger partial charge in [0.1, 0.15) is 0 Å². The third kappa shape index (κ3) is 4.50. The van der Waals surface area contributed by atoms with Crippen molar-refractivity contribution in [3.8, 4) is 11.4 Å². The molecule has 1 aromatic heterocycles. The second-order valence-corrected chi connectivity index (χ2v) is 7.82. The van der Waals surface area contributed by atoms with Crippen molar-refractivity contribution in [3.63, 3.8) is 0 Å². The van der Waals surface area contributed by atoms with Crippen molar-refractivity contribution >= 4 is 28.8 Å². The predicted molar refractivity (Wildman–Crippen MR) is 130 cm³/mol. The molecule has 0 spiro atoms. The number of hydrogen-bond acceptors (Lipinski definition) is 4. The van der Waals surface area contributed by atoms with Crippen LogP contribution in [0.15, 0.2) is 95.8 Å². The summed E-state index contributed by atoms with van der Waals surface area (Å²) in [5.74, 6) is -1.45. The Hall–Kier alpha value is -4.32. The van der Waals surface area contributed by atoms with Gasteiger partial charge in [-0.05, 0) is 23.8 Å². The van der Waals surface area contributed by atoms with Crippen molar-refractivity contribution in [1.82, 2.24) is 9.66 Å². The molecule has 3 aromatic carbocycles. The second kappa shape index (κ2) is 9.44. The Morgan fingerprint density at radius 3 is 2.15 bits per heavy atom. The lowest BCUT2D eigenvalue weighted by molar-refractivity contribution is -0.128. The molecule has 0 aliphatic carbocycles. The molecule has 6 heteroatoms. The van der Waals surface area contributed by atoms with Crippen LogP contribution >= 0.6 is 0 Å². The molecule has 0 saturated carbocycles. The third-order valence-corrected chi connectivity index (χ3v) is 5.12. The topological polar surface area (TPSA) is 72.3 Å². The van der Waals surface area contributed by atoms with E-state index in [0.29, 0.717) is 16.5 Å². The van der Waals surface area contributed by atoms with Crippen molar-refractivity contribution in [2.45, 2.75) is 13.8 Å². The number of aromatic nitrogens is 2. The molecule has 0 bridgehead atoms. The first-order valence-corrected chi connectivity index (χ1v) is 10.7. The smallest absolute Gasteiger partial charge is 0.272 e. The van der Waals surface area contributed by atoms with Crippen LogP contribution in [0, 0.1) is 5.92 Å². The van der Waals surface area contributed by atoms with Gasteiger partial charge in [0.2, 0.25) is 0 Å². The molecular weight excluding hydrogens is 414 g/mol. The van der Waals surface area contributed by atoms with Crippen LogP contribution in [0.1, 0.15) is 19.4 Å². The standard InChI is InChI=1S/C27H23N3O3/c1-19(2)26(32)29(24(31)18-17-20-11-5-3-6-12-20)30-25(21-13-7-4-8-14-21)28-23-16-10-9-15-22(23)27(30)33/h3-19H,1-2H3/b18-17+. The van der Waals surface area contributed by atoms with E-state index in [1.807, 2.05) is 48.5 Å². The lowest BCUT2D eigenvalue weighted by Crippen LogP contribution is -2.52. The van der Waals surface area contributed by atoms with E-state index in [4.69, 9.17) is 0 Å². The second-order valence-electron chi connectivity index (χ2n) is 7.82. The van der Waals surface area contributed by atoms with Gasteiger partial charge in [0.15, 0.2) is 5.82 Å². The van der Waals surface area contributed by atoms with Crippen LogP contribution in [0.4, 0.5) is 0 Å². The van der Waals surface area contributed by atoms with Crippen molar-refractivity contribution < 1.29 is 9.59 Å². The number of rotatable bonds is 5. The molecule has 164 valence electrons. The average molecular weight is 437 g/mol.